The van der Waals surface area contributed by atoms with E-state index in [0.29, 0.717) is 19.1 Å². The first kappa shape index (κ1) is 11.7. The standard InChI is InChI=1S/C13H20N4O/c1-16-7-6-15-11(16)8-17(10-2-3-10)12(18)13(9-14)4-5-13/h6-7,10H,2-5,8-9,14H2,1H3. The Labute approximate surface area is 107 Å². The normalized spacial score (nSPS) is 20.8. The van der Waals surface area contributed by atoms with Crippen molar-refractivity contribution in [2.75, 3.05) is 6.54 Å². The van der Waals surface area contributed by atoms with Crippen molar-refractivity contribution in [3.8, 4) is 0 Å². The van der Waals surface area contributed by atoms with Gasteiger partial charge in [-0.15, -0.1) is 0 Å². The van der Waals surface area contributed by atoms with Crippen LogP contribution in [-0.2, 0) is 18.4 Å². The van der Waals surface area contributed by atoms with Crippen molar-refractivity contribution in [1.29, 1.82) is 0 Å². The van der Waals surface area contributed by atoms with Gasteiger partial charge in [-0.25, -0.2) is 4.98 Å². The maximum atomic E-state index is 12.6. The second kappa shape index (κ2) is 4.09. The monoisotopic (exact) mass is 248 g/mol. The van der Waals surface area contributed by atoms with Crippen LogP contribution in [0.25, 0.3) is 0 Å². The van der Waals surface area contributed by atoms with Crippen LogP contribution in [0.3, 0.4) is 0 Å². The molecular weight excluding hydrogens is 228 g/mol. The molecule has 18 heavy (non-hydrogen) atoms. The van der Waals surface area contributed by atoms with Crippen molar-refractivity contribution in [2.45, 2.75) is 38.3 Å². The summed E-state index contributed by atoms with van der Waals surface area (Å²) in [6.07, 6.45) is 7.84. The molecule has 5 nitrogen and oxygen atoms in total. The van der Waals surface area contributed by atoms with Crippen molar-refractivity contribution in [2.24, 2.45) is 18.2 Å². The van der Waals surface area contributed by atoms with Crippen LogP contribution in [-0.4, -0.2) is 32.9 Å². The zero-order valence-corrected chi connectivity index (χ0v) is 10.8. The largest absolute Gasteiger partial charge is 0.337 e. The van der Waals surface area contributed by atoms with E-state index in [2.05, 4.69) is 4.98 Å². The average Bonchev–Trinajstić information content (AvgIpc) is 3.26. The lowest BCUT2D eigenvalue weighted by molar-refractivity contribution is -0.138. The number of amides is 1. The summed E-state index contributed by atoms with van der Waals surface area (Å²) in [5, 5.41) is 0. The smallest absolute Gasteiger partial charge is 0.230 e. The summed E-state index contributed by atoms with van der Waals surface area (Å²) >= 11 is 0. The molecule has 1 amide bonds. The predicted molar refractivity (Wildman–Crippen MR) is 67.5 cm³/mol. The summed E-state index contributed by atoms with van der Waals surface area (Å²) in [7, 11) is 1.97. The molecule has 0 spiro atoms. The fourth-order valence-electron chi connectivity index (χ4n) is 2.41. The van der Waals surface area contributed by atoms with Crippen LogP contribution in [0.5, 0.6) is 0 Å². The minimum atomic E-state index is -0.242. The van der Waals surface area contributed by atoms with Gasteiger partial charge in [0.15, 0.2) is 0 Å². The van der Waals surface area contributed by atoms with Gasteiger partial charge in [-0.3, -0.25) is 4.79 Å². The number of carbonyl (C=O) groups is 1. The third kappa shape index (κ3) is 1.92. The van der Waals surface area contributed by atoms with Crippen LogP contribution < -0.4 is 5.73 Å². The molecule has 1 aromatic heterocycles. The predicted octanol–water partition coefficient (Wildman–Crippen LogP) is 0.650. The third-order valence-electron chi connectivity index (χ3n) is 4.18. The minimum Gasteiger partial charge on any atom is -0.337 e. The SMILES string of the molecule is Cn1ccnc1CN(C(=O)C1(CN)CC1)C1CC1. The van der Waals surface area contributed by atoms with E-state index in [0.717, 1.165) is 31.5 Å². The molecule has 2 N–H and O–H groups in total. The Morgan fingerprint density at radius 2 is 2.33 bits per heavy atom. The first-order valence-electron chi connectivity index (χ1n) is 6.64. The summed E-state index contributed by atoms with van der Waals surface area (Å²) in [6.45, 7) is 1.10. The molecule has 0 unspecified atom stereocenters. The van der Waals surface area contributed by atoms with Gasteiger partial charge in [0.2, 0.25) is 5.91 Å². The van der Waals surface area contributed by atoms with E-state index in [1.165, 1.54) is 0 Å². The molecule has 1 heterocycles. The van der Waals surface area contributed by atoms with E-state index in [4.69, 9.17) is 5.73 Å². The Kier molecular flexibility index (Phi) is 2.66. The van der Waals surface area contributed by atoms with Crippen molar-refractivity contribution in [1.82, 2.24) is 14.5 Å². The van der Waals surface area contributed by atoms with Crippen LogP contribution in [0.4, 0.5) is 0 Å². The summed E-state index contributed by atoms with van der Waals surface area (Å²) < 4.78 is 1.98. The fraction of sp³-hybridized carbons (Fsp3) is 0.692. The van der Waals surface area contributed by atoms with Crippen LogP contribution in [0.2, 0.25) is 0 Å². The maximum Gasteiger partial charge on any atom is 0.230 e. The number of imidazole rings is 1. The maximum absolute atomic E-state index is 12.6. The highest BCUT2D eigenvalue weighted by Gasteiger charge is 2.52. The topological polar surface area (TPSA) is 64.2 Å². The molecule has 98 valence electrons. The van der Waals surface area contributed by atoms with E-state index in [1.807, 2.05) is 22.7 Å². The van der Waals surface area contributed by atoms with Crippen molar-refractivity contribution in [3.63, 3.8) is 0 Å². The average molecular weight is 248 g/mol. The van der Waals surface area contributed by atoms with Crippen LogP contribution in [0.15, 0.2) is 12.4 Å². The number of rotatable bonds is 5. The van der Waals surface area contributed by atoms with Crippen LogP contribution in [0, 0.1) is 5.41 Å². The molecule has 2 aliphatic carbocycles. The second-order valence-electron chi connectivity index (χ2n) is 5.60. The highest BCUT2D eigenvalue weighted by molar-refractivity contribution is 5.86. The second-order valence-corrected chi connectivity index (χ2v) is 5.60. The number of aryl methyl sites for hydroxylation is 1. The lowest BCUT2D eigenvalue weighted by Gasteiger charge is -2.26. The lowest BCUT2D eigenvalue weighted by Crippen LogP contribution is -2.41. The molecule has 0 saturated heterocycles. The molecule has 0 atom stereocenters. The van der Waals surface area contributed by atoms with Gasteiger partial charge in [-0.05, 0) is 25.7 Å². The molecule has 0 aromatic carbocycles. The zero-order chi connectivity index (χ0) is 12.8. The highest BCUT2D eigenvalue weighted by atomic mass is 16.2. The molecule has 2 saturated carbocycles. The van der Waals surface area contributed by atoms with Crippen LogP contribution >= 0.6 is 0 Å². The van der Waals surface area contributed by atoms with E-state index < -0.39 is 0 Å². The molecule has 5 heteroatoms. The summed E-state index contributed by atoms with van der Waals surface area (Å²) in [5.41, 5.74) is 5.52. The first-order valence-corrected chi connectivity index (χ1v) is 6.64. The van der Waals surface area contributed by atoms with Gasteiger partial charge >= 0.3 is 0 Å². The van der Waals surface area contributed by atoms with Gasteiger partial charge in [0.1, 0.15) is 5.82 Å². The van der Waals surface area contributed by atoms with Crippen molar-refractivity contribution < 1.29 is 4.79 Å². The lowest BCUT2D eigenvalue weighted by atomic mass is 10.1. The first-order chi connectivity index (χ1) is 8.66. The van der Waals surface area contributed by atoms with Gasteiger partial charge in [-0.1, -0.05) is 0 Å². The third-order valence-corrected chi connectivity index (χ3v) is 4.18. The van der Waals surface area contributed by atoms with Gasteiger partial charge in [0.05, 0.1) is 12.0 Å². The number of hydrogen-bond acceptors (Lipinski definition) is 3. The van der Waals surface area contributed by atoms with Gasteiger partial charge < -0.3 is 15.2 Å². The zero-order valence-electron chi connectivity index (χ0n) is 10.8. The van der Waals surface area contributed by atoms with Gasteiger partial charge in [0, 0.05) is 32.0 Å². The van der Waals surface area contributed by atoms with Gasteiger partial charge in [0.25, 0.3) is 0 Å². The quantitative estimate of drug-likeness (QED) is 0.832. The number of hydrogen-bond donors (Lipinski definition) is 1. The van der Waals surface area contributed by atoms with Crippen LogP contribution in [0.1, 0.15) is 31.5 Å². The summed E-state index contributed by atoms with van der Waals surface area (Å²) in [6, 6.07) is 0.415. The number of nitrogens with zero attached hydrogens (tertiary/aromatic N) is 3. The van der Waals surface area contributed by atoms with E-state index >= 15 is 0 Å². The Balaban J connectivity index is 1.77. The van der Waals surface area contributed by atoms with Crippen molar-refractivity contribution >= 4 is 5.91 Å². The summed E-state index contributed by atoms with van der Waals surface area (Å²) in [5.74, 6) is 1.19. The molecule has 0 radical (unpaired) electrons. The van der Waals surface area contributed by atoms with E-state index in [9.17, 15) is 4.79 Å². The van der Waals surface area contributed by atoms with Gasteiger partial charge in [-0.2, -0.15) is 0 Å². The fourth-order valence-corrected chi connectivity index (χ4v) is 2.41. The molecular formula is C13H20N4O. The number of carbonyl (C=O) groups excluding carboxylic acids is 1. The Morgan fingerprint density at radius 1 is 1.61 bits per heavy atom. The number of nitrogens with two attached hydrogens (primary N) is 1. The Morgan fingerprint density at radius 3 is 2.78 bits per heavy atom. The van der Waals surface area contributed by atoms with E-state index in [-0.39, 0.29) is 11.3 Å². The van der Waals surface area contributed by atoms with E-state index in [1.54, 1.807) is 6.20 Å². The highest BCUT2D eigenvalue weighted by Crippen LogP contribution is 2.48. The number of aromatic nitrogens is 2. The molecule has 2 aliphatic rings. The molecule has 0 bridgehead atoms. The Bertz CT molecular complexity index is 459. The van der Waals surface area contributed by atoms with Crippen molar-refractivity contribution in [3.05, 3.63) is 18.2 Å². The minimum absolute atomic E-state index is 0.242. The Hall–Kier alpha value is -1.36. The molecule has 1 aromatic rings. The molecule has 2 fully saturated rings. The molecule has 0 aliphatic heterocycles. The summed E-state index contributed by atoms with van der Waals surface area (Å²) in [4.78, 5) is 18.9. The molecule has 3 rings (SSSR count).